The first-order valence-electron chi connectivity index (χ1n) is 16.9. The summed E-state index contributed by atoms with van der Waals surface area (Å²) in [6, 6.07) is 56.6. The van der Waals surface area contributed by atoms with Crippen LogP contribution < -0.4 is 4.90 Å². The number of fused-ring (bicyclic) bond motifs is 8. The Labute approximate surface area is 284 Å². The Balaban J connectivity index is 1.14. The molecule has 1 aliphatic rings. The van der Waals surface area contributed by atoms with Crippen LogP contribution in [0, 0.1) is 0 Å². The van der Waals surface area contributed by atoms with E-state index >= 15 is 0 Å². The number of oxazole rings is 1. The summed E-state index contributed by atoms with van der Waals surface area (Å²) in [6.45, 7) is 4.66. The summed E-state index contributed by atoms with van der Waals surface area (Å²) in [7, 11) is 0. The Morgan fingerprint density at radius 2 is 1.10 bits per heavy atom. The van der Waals surface area contributed by atoms with Crippen molar-refractivity contribution in [2.75, 3.05) is 4.90 Å². The van der Waals surface area contributed by atoms with E-state index in [1.165, 1.54) is 54.6 Å². The van der Waals surface area contributed by atoms with Crippen LogP contribution >= 0.6 is 0 Å². The molecular formula is C46H32N2O. The minimum Gasteiger partial charge on any atom is -0.436 e. The molecule has 9 aromatic rings. The molecule has 0 saturated heterocycles. The van der Waals surface area contributed by atoms with Crippen LogP contribution in [0.15, 0.2) is 162 Å². The highest BCUT2D eigenvalue weighted by molar-refractivity contribution is 6.11. The van der Waals surface area contributed by atoms with Crippen molar-refractivity contribution in [2.24, 2.45) is 0 Å². The van der Waals surface area contributed by atoms with Crippen molar-refractivity contribution in [2.45, 2.75) is 19.3 Å². The fourth-order valence-corrected chi connectivity index (χ4v) is 7.88. The van der Waals surface area contributed by atoms with Gasteiger partial charge in [-0.2, -0.15) is 0 Å². The fraction of sp³-hybridized carbons (Fsp3) is 0.0652. The quantitative estimate of drug-likeness (QED) is 0.182. The second-order valence-corrected chi connectivity index (χ2v) is 13.7. The van der Waals surface area contributed by atoms with Crippen LogP contribution in [0.3, 0.4) is 0 Å². The molecule has 0 radical (unpaired) electrons. The van der Waals surface area contributed by atoms with Crippen molar-refractivity contribution in [1.29, 1.82) is 0 Å². The molecular weight excluding hydrogens is 597 g/mol. The van der Waals surface area contributed by atoms with Gasteiger partial charge in [-0.3, -0.25) is 0 Å². The zero-order chi connectivity index (χ0) is 32.7. The minimum absolute atomic E-state index is 0.177. The summed E-state index contributed by atoms with van der Waals surface area (Å²) in [6.07, 6.45) is 0. The summed E-state index contributed by atoms with van der Waals surface area (Å²) in [5.41, 5.74) is 11.0. The molecule has 8 aromatic carbocycles. The lowest BCUT2D eigenvalue weighted by Gasteiger charge is -2.26. The Hall–Kier alpha value is -6.19. The summed E-state index contributed by atoms with van der Waals surface area (Å²) in [5.74, 6) is 0.654. The van der Waals surface area contributed by atoms with Crippen LogP contribution in [0.25, 0.3) is 66.0 Å². The summed E-state index contributed by atoms with van der Waals surface area (Å²) in [5, 5.41) is 7.34. The largest absolute Gasteiger partial charge is 0.436 e. The van der Waals surface area contributed by atoms with Crippen LogP contribution in [0.4, 0.5) is 17.1 Å². The van der Waals surface area contributed by atoms with Gasteiger partial charge in [-0.15, -0.1) is 0 Å². The van der Waals surface area contributed by atoms with E-state index < -0.39 is 0 Å². The number of para-hydroxylation sites is 2. The van der Waals surface area contributed by atoms with Gasteiger partial charge in [0.2, 0.25) is 5.89 Å². The van der Waals surface area contributed by atoms with Gasteiger partial charge in [0.15, 0.2) is 5.58 Å². The highest BCUT2D eigenvalue weighted by Gasteiger charge is 2.37. The highest BCUT2D eigenvalue weighted by Crippen LogP contribution is 2.52. The molecule has 0 spiro atoms. The highest BCUT2D eigenvalue weighted by atomic mass is 16.3. The summed E-state index contributed by atoms with van der Waals surface area (Å²) >= 11 is 0. The average Bonchev–Trinajstić information content (AvgIpc) is 3.66. The van der Waals surface area contributed by atoms with Gasteiger partial charge in [-0.05, 0) is 127 Å². The van der Waals surface area contributed by atoms with Crippen LogP contribution in [0.5, 0.6) is 0 Å². The third-order valence-corrected chi connectivity index (χ3v) is 10.4. The maximum Gasteiger partial charge on any atom is 0.227 e. The molecule has 0 N–H and O–H groups in total. The first-order chi connectivity index (χ1) is 24.0. The zero-order valence-corrected chi connectivity index (χ0v) is 27.3. The second kappa shape index (κ2) is 10.4. The first kappa shape index (κ1) is 27.9. The van der Waals surface area contributed by atoms with Gasteiger partial charge in [-0.25, -0.2) is 4.98 Å². The Bertz CT molecular complexity index is 2700. The molecule has 0 unspecified atom stereocenters. The Kier molecular flexibility index (Phi) is 5.92. The van der Waals surface area contributed by atoms with E-state index in [9.17, 15) is 0 Å². The number of hydrogen-bond acceptors (Lipinski definition) is 3. The molecule has 10 rings (SSSR count). The van der Waals surface area contributed by atoms with Gasteiger partial charge in [0, 0.05) is 28.0 Å². The molecule has 1 aliphatic carbocycles. The molecule has 1 aromatic heterocycles. The van der Waals surface area contributed by atoms with Crippen molar-refractivity contribution in [3.05, 3.63) is 169 Å². The summed E-state index contributed by atoms with van der Waals surface area (Å²) < 4.78 is 6.48. The molecule has 49 heavy (non-hydrogen) atoms. The van der Waals surface area contributed by atoms with Gasteiger partial charge in [-0.1, -0.05) is 98.8 Å². The van der Waals surface area contributed by atoms with Gasteiger partial charge in [0.1, 0.15) is 5.52 Å². The van der Waals surface area contributed by atoms with Crippen LogP contribution in [0.1, 0.15) is 25.0 Å². The van der Waals surface area contributed by atoms with E-state index in [0.717, 1.165) is 33.7 Å². The predicted molar refractivity (Wildman–Crippen MR) is 204 cm³/mol. The average molecular weight is 629 g/mol. The van der Waals surface area contributed by atoms with E-state index in [1.807, 2.05) is 0 Å². The number of nitrogens with zero attached hydrogens (tertiary/aromatic N) is 2. The molecule has 3 nitrogen and oxygen atoms in total. The van der Waals surface area contributed by atoms with E-state index in [1.54, 1.807) is 0 Å². The number of anilines is 3. The van der Waals surface area contributed by atoms with Crippen molar-refractivity contribution in [1.82, 2.24) is 4.98 Å². The number of benzene rings is 8. The van der Waals surface area contributed by atoms with E-state index in [0.29, 0.717) is 5.89 Å². The maximum absolute atomic E-state index is 6.48. The van der Waals surface area contributed by atoms with E-state index in [2.05, 4.69) is 176 Å². The van der Waals surface area contributed by atoms with Crippen molar-refractivity contribution >= 4 is 60.5 Å². The molecule has 0 saturated carbocycles. The molecule has 0 atom stereocenters. The number of hydrogen-bond donors (Lipinski definition) is 0. The number of aromatic nitrogens is 1. The van der Waals surface area contributed by atoms with Crippen LogP contribution in [0.2, 0.25) is 0 Å². The lowest BCUT2D eigenvalue weighted by Crippen LogP contribution is -2.14. The lowest BCUT2D eigenvalue weighted by atomic mass is 9.81. The molecule has 0 aliphatic heterocycles. The molecule has 1 heterocycles. The number of rotatable bonds is 4. The predicted octanol–water partition coefficient (Wildman–Crippen LogP) is 12.7. The minimum atomic E-state index is -0.177. The summed E-state index contributed by atoms with van der Waals surface area (Å²) in [4.78, 5) is 7.33. The van der Waals surface area contributed by atoms with Gasteiger partial charge < -0.3 is 9.32 Å². The SMILES string of the molecule is CC1(C)c2cc3ccc4ccc(N(c5ccccc5)c5ccccc5)cc4c3cc2-c2cc3oc(-c4ccc5ccccc5c4)nc3cc21. The topological polar surface area (TPSA) is 29.3 Å². The molecule has 0 amide bonds. The van der Waals surface area contributed by atoms with Gasteiger partial charge in [0.25, 0.3) is 0 Å². The van der Waals surface area contributed by atoms with Crippen molar-refractivity contribution < 1.29 is 4.42 Å². The van der Waals surface area contributed by atoms with Crippen molar-refractivity contribution in [3.8, 4) is 22.6 Å². The Morgan fingerprint density at radius 3 is 1.88 bits per heavy atom. The molecule has 3 heteroatoms. The second-order valence-electron chi connectivity index (χ2n) is 13.7. The van der Waals surface area contributed by atoms with Crippen LogP contribution in [-0.2, 0) is 5.41 Å². The lowest BCUT2D eigenvalue weighted by molar-refractivity contribution is 0.619. The van der Waals surface area contributed by atoms with E-state index in [-0.39, 0.29) is 5.41 Å². The maximum atomic E-state index is 6.48. The van der Waals surface area contributed by atoms with Gasteiger partial charge in [0.05, 0.1) is 0 Å². The standard InChI is InChI=1S/C46H32N2O/c1-46(2)41-24-32-19-18-30-21-22-36(48(34-13-5-3-6-14-34)35-15-7-4-8-16-35)25-37(30)38(32)26-39(41)40-27-44-43(28-42(40)46)47-45(49-44)33-20-17-29-11-9-10-12-31(29)23-33/h3-28H,1-2H3. The third-order valence-electron chi connectivity index (χ3n) is 10.4. The normalized spacial score (nSPS) is 13.3. The zero-order valence-electron chi connectivity index (χ0n) is 27.3. The first-order valence-corrected chi connectivity index (χ1v) is 16.9. The molecule has 0 bridgehead atoms. The van der Waals surface area contributed by atoms with Gasteiger partial charge >= 0.3 is 0 Å². The van der Waals surface area contributed by atoms with E-state index in [4.69, 9.17) is 9.40 Å². The third kappa shape index (κ3) is 4.32. The molecule has 0 fully saturated rings. The molecule has 232 valence electrons. The Morgan fingerprint density at radius 1 is 0.490 bits per heavy atom. The van der Waals surface area contributed by atoms with Crippen molar-refractivity contribution in [3.63, 3.8) is 0 Å². The fourth-order valence-electron chi connectivity index (χ4n) is 7.88. The van der Waals surface area contributed by atoms with Crippen LogP contribution in [-0.4, -0.2) is 4.98 Å². The smallest absolute Gasteiger partial charge is 0.227 e. The monoisotopic (exact) mass is 628 g/mol.